The van der Waals surface area contributed by atoms with Gasteiger partial charge in [-0.05, 0) is 30.4 Å². The summed E-state index contributed by atoms with van der Waals surface area (Å²) in [5, 5.41) is 5.10. The maximum atomic E-state index is 12.4. The quantitative estimate of drug-likeness (QED) is 0.892. The molecule has 2 saturated heterocycles. The molecule has 0 aromatic carbocycles. The Kier molecular flexibility index (Phi) is 5.46. The van der Waals surface area contributed by atoms with Gasteiger partial charge in [0.25, 0.3) is 5.91 Å². The van der Waals surface area contributed by atoms with E-state index in [2.05, 4.69) is 10.2 Å². The molecule has 5 nitrogen and oxygen atoms in total. The summed E-state index contributed by atoms with van der Waals surface area (Å²) < 4.78 is 11.0. The third-order valence-electron chi connectivity index (χ3n) is 4.56. The van der Waals surface area contributed by atoms with E-state index in [0.29, 0.717) is 18.5 Å². The van der Waals surface area contributed by atoms with E-state index in [1.165, 1.54) is 11.3 Å². The van der Waals surface area contributed by atoms with Crippen LogP contribution in [-0.4, -0.2) is 62.9 Å². The van der Waals surface area contributed by atoms with Gasteiger partial charge in [0.2, 0.25) is 0 Å². The number of nitrogens with zero attached hydrogens (tertiary/aromatic N) is 1. The number of hydrogen-bond donors (Lipinski definition) is 1. The van der Waals surface area contributed by atoms with Crippen molar-refractivity contribution >= 4 is 17.2 Å². The molecular weight excluding hydrogens is 300 g/mol. The predicted molar refractivity (Wildman–Crippen MR) is 86.5 cm³/mol. The number of rotatable bonds is 5. The van der Waals surface area contributed by atoms with Gasteiger partial charge >= 0.3 is 0 Å². The monoisotopic (exact) mass is 324 g/mol. The van der Waals surface area contributed by atoms with Crippen molar-refractivity contribution in [2.45, 2.75) is 19.4 Å². The first-order chi connectivity index (χ1) is 10.8. The third kappa shape index (κ3) is 3.68. The molecule has 2 aliphatic rings. The van der Waals surface area contributed by atoms with Crippen LogP contribution in [0.3, 0.4) is 0 Å². The van der Waals surface area contributed by atoms with Crippen molar-refractivity contribution in [1.82, 2.24) is 10.2 Å². The molecule has 0 radical (unpaired) electrons. The molecule has 22 heavy (non-hydrogen) atoms. The second kappa shape index (κ2) is 7.55. The molecule has 0 bridgehead atoms. The van der Waals surface area contributed by atoms with Crippen LogP contribution in [0, 0.1) is 12.8 Å². The molecule has 1 aromatic rings. The normalized spacial score (nSPS) is 24.3. The average Bonchev–Trinajstić information content (AvgIpc) is 3.20. The zero-order chi connectivity index (χ0) is 15.4. The Hall–Kier alpha value is -0.950. The van der Waals surface area contributed by atoms with Crippen molar-refractivity contribution in [2.24, 2.45) is 5.92 Å². The number of ether oxygens (including phenoxy) is 2. The van der Waals surface area contributed by atoms with Crippen LogP contribution in [0.5, 0.6) is 0 Å². The number of carbonyl (C=O) groups is 1. The molecule has 2 aliphatic heterocycles. The van der Waals surface area contributed by atoms with Crippen LogP contribution in [0.15, 0.2) is 11.4 Å². The summed E-state index contributed by atoms with van der Waals surface area (Å²) in [5.74, 6) is 0.549. The Morgan fingerprint density at radius 2 is 2.23 bits per heavy atom. The first-order valence-electron chi connectivity index (χ1n) is 7.97. The largest absolute Gasteiger partial charge is 0.381 e. The van der Waals surface area contributed by atoms with Crippen molar-refractivity contribution in [1.29, 1.82) is 0 Å². The topological polar surface area (TPSA) is 50.8 Å². The minimum Gasteiger partial charge on any atom is -0.381 e. The summed E-state index contributed by atoms with van der Waals surface area (Å²) in [6.45, 7) is 7.74. The van der Waals surface area contributed by atoms with Gasteiger partial charge in [-0.1, -0.05) is 0 Å². The van der Waals surface area contributed by atoms with E-state index in [1.807, 2.05) is 18.4 Å². The fourth-order valence-electron chi connectivity index (χ4n) is 3.24. The smallest absolute Gasteiger partial charge is 0.261 e. The number of thiophene rings is 1. The molecule has 0 saturated carbocycles. The van der Waals surface area contributed by atoms with E-state index in [9.17, 15) is 4.79 Å². The highest BCUT2D eigenvalue weighted by molar-refractivity contribution is 7.12. The molecule has 0 aliphatic carbocycles. The molecule has 2 fully saturated rings. The number of amides is 1. The zero-order valence-electron chi connectivity index (χ0n) is 13.0. The van der Waals surface area contributed by atoms with E-state index >= 15 is 0 Å². The molecule has 6 heteroatoms. The lowest BCUT2D eigenvalue weighted by molar-refractivity contribution is 0.00167. The van der Waals surface area contributed by atoms with Crippen LogP contribution in [0.1, 0.15) is 21.7 Å². The highest BCUT2D eigenvalue weighted by Crippen LogP contribution is 2.22. The van der Waals surface area contributed by atoms with Gasteiger partial charge < -0.3 is 14.8 Å². The van der Waals surface area contributed by atoms with Gasteiger partial charge in [-0.3, -0.25) is 9.69 Å². The molecule has 122 valence electrons. The van der Waals surface area contributed by atoms with Crippen LogP contribution in [-0.2, 0) is 9.47 Å². The average molecular weight is 324 g/mol. The molecule has 1 amide bonds. The van der Waals surface area contributed by atoms with Crippen molar-refractivity contribution < 1.29 is 14.3 Å². The van der Waals surface area contributed by atoms with Gasteiger partial charge in [-0.15, -0.1) is 11.3 Å². The number of carbonyl (C=O) groups excluding carboxylic acids is 1. The molecule has 3 heterocycles. The Morgan fingerprint density at radius 1 is 1.41 bits per heavy atom. The number of nitrogens with one attached hydrogen (secondary N) is 1. The van der Waals surface area contributed by atoms with Gasteiger partial charge in [0, 0.05) is 38.2 Å². The maximum Gasteiger partial charge on any atom is 0.261 e. The first kappa shape index (κ1) is 15.9. The van der Waals surface area contributed by atoms with Crippen molar-refractivity contribution in [3.63, 3.8) is 0 Å². The molecule has 2 atom stereocenters. The highest BCUT2D eigenvalue weighted by Gasteiger charge is 2.31. The van der Waals surface area contributed by atoms with Crippen LogP contribution < -0.4 is 5.32 Å². The summed E-state index contributed by atoms with van der Waals surface area (Å²) >= 11 is 1.51. The van der Waals surface area contributed by atoms with E-state index in [1.54, 1.807) is 0 Å². The minimum absolute atomic E-state index is 0.0460. The fraction of sp³-hybridized carbons (Fsp3) is 0.688. The molecule has 1 aromatic heterocycles. The Morgan fingerprint density at radius 3 is 2.86 bits per heavy atom. The molecular formula is C16H24N2O3S. The summed E-state index contributed by atoms with van der Waals surface area (Å²) in [5.41, 5.74) is 1.05. The number of hydrogen-bond acceptors (Lipinski definition) is 5. The predicted octanol–water partition coefficient (Wildman–Crippen LogP) is 1.52. The third-order valence-corrected chi connectivity index (χ3v) is 5.58. The maximum absolute atomic E-state index is 12.4. The summed E-state index contributed by atoms with van der Waals surface area (Å²) in [7, 11) is 0. The molecule has 3 rings (SSSR count). The SMILES string of the molecule is Cc1ccsc1C(=O)NC[C@H]([C@H]1CCOC1)N1CCOCC1. The van der Waals surface area contributed by atoms with Crippen LogP contribution >= 0.6 is 11.3 Å². The van der Waals surface area contributed by atoms with Crippen molar-refractivity contribution in [3.05, 3.63) is 21.9 Å². The molecule has 0 spiro atoms. The standard InChI is InChI=1S/C16H24N2O3S/c1-12-3-9-22-15(12)16(19)17-10-14(13-2-6-21-11-13)18-4-7-20-8-5-18/h3,9,13-14H,2,4-8,10-11H2,1H3,(H,17,19)/t13-,14+/m0/s1. The number of aryl methyl sites for hydroxylation is 1. The molecule has 0 unspecified atom stereocenters. The summed E-state index contributed by atoms with van der Waals surface area (Å²) in [6.07, 6.45) is 1.08. The van der Waals surface area contributed by atoms with Crippen LogP contribution in [0.2, 0.25) is 0 Å². The Bertz CT molecular complexity index is 493. The van der Waals surface area contributed by atoms with Gasteiger partial charge in [0.15, 0.2) is 0 Å². The van der Waals surface area contributed by atoms with Crippen molar-refractivity contribution in [2.75, 3.05) is 46.1 Å². The lowest BCUT2D eigenvalue weighted by atomic mass is 9.97. The van der Waals surface area contributed by atoms with Crippen LogP contribution in [0.25, 0.3) is 0 Å². The second-order valence-electron chi connectivity index (χ2n) is 5.98. The van der Waals surface area contributed by atoms with Gasteiger partial charge in [-0.2, -0.15) is 0 Å². The Labute approximate surface area is 135 Å². The van der Waals surface area contributed by atoms with Gasteiger partial charge in [0.05, 0.1) is 24.7 Å². The second-order valence-corrected chi connectivity index (χ2v) is 6.90. The zero-order valence-corrected chi connectivity index (χ0v) is 13.9. The lowest BCUT2D eigenvalue weighted by Crippen LogP contribution is -2.52. The van der Waals surface area contributed by atoms with Crippen molar-refractivity contribution in [3.8, 4) is 0 Å². The van der Waals surface area contributed by atoms with E-state index in [-0.39, 0.29) is 5.91 Å². The highest BCUT2D eigenvalue weighted by atomic mass is 32.1. The van der Waals surface area contributed by atoms with Crippen LogP contribution in [0.4, 0.5) is 0 Å². The van der Waals surface area contributed by atoms with E-state index in [4.69, 9.17) is 9.47 Å². The first-order valence-corrected chi connectivity index (χ1v) is 8.85. The number of morpholine rings is 1. The minimum atomic E-state index is 0.0460. The summed E-state index contributed by atoms with van der Waals surface area (Å²) in [4.78, 5) is 15.6. The van der Waals surface area contributed by atoms with Gasteiger partial charge in [0.1, 0.15) is 0 Å². The Balaban J connectivity index is 1.62. The van der Waals surface area contributed by atoms with Gasteiger partial charge in [-0.25, -0.2) is 0 Å². The van der Waals surface area contributed by atoms with E-state index in [0.717, 1.165) is 56.4 Å². The fourth-order valence-corrected chi connectivity index (χ4v) is 4.08. The lowest BCUT2D eigenvalue weighted by Gasteiger charge is -2.37. The van der Waals surface area contributed by atoms with E-state index < -0.39 is 0 Å². The molecule has 1 N–H and O–H groups in total. The summed E-state index contributed by atoms with van der Waals surface area (Å²) in [6, 6.07) is 2.33.